The molecule has 114 valence electrons. The quantitative estimate of drug-likeness (QED) is 0.779. The first-order valence-corrected chi connectivity index (χ1v) is 7.92. The predicted molar refractivity (Wildman–Crippen MR) is 74.2 cm³/mol. The summed E-state index contributed by atoms with van der Waals surface area (Å²) >= 11 is 0. The minimum Gasteiger partial charge on any atom is -0.392 e. The van der Waals surface area contributed by atoms with E-state index in [1.807, 2.05) is 20.8 Å². The molecule has 1 rings (SSSR count). The fourth-order valence-corrected chi connectivity index (χ4v) is 3.06. The largest absolute Gasteiger partial charge is 0.392 e. The minimum atomic E-state index is -1.16. The molecule has 2 N–H and O–H groups in total. The number of aliphatic hydroxyl groups excluding tert-OH is 2. The Morgan fingerprint density at radius 1 is 1.26 bits per heavy atom. The van der Waals surface area contributed by atoms with E-state index in [4.69, 9.17) is 9.47 Å². The van der Waals surface area contributed by atoms with Gasteiger partial charge in [0, 0.05) is 21.5 Å². The monoisotopic (exact) mass is 294 g/mol. The van der Waals surface area contributed by atoms with Crippen molar-refractivity contribution in [2.24, 2.45) is 5.92 Å². The van der Waals surface area contributed by atoms with E-state index in [1.54, 1.807) is 13.8 Å². The molecule has 0 unspecified atom stereocenters. The summed E-state index contributed by atoms with van der Waals surface area (Å²) in [5.74, 6) is -1.42. The van der Waals surface area contributed by atoms with Crippen LogP contribution < -0.4 is 0 Å². The molecule has 1 aliphatic rings. The highest BCUT2D eigenvalue weighted by Crippen LogP contribution is 2.29. The number of rotatable bonds is 5. The molecule has 0 aromatic heterocycles. The van der Waals surface area contributed by atoms with E-state index < -0.39 is 34.7 Å². The Labute approximate surface area is 117 Å². The van der Waals surface area contributed by atoms with Crippen molar-refractivity contribution in [2.75, 3.05) is 19.0 Å². The van der Waals surface area contributed by atoms with E-state index in [9.17, 15) is 14.4 Å². The molecule has 0 aliphatic carbocycles. The lowest BCUT2D eigenvalue weighted by Gasteiger charge is -2.34. The Bertz CT molecular complexity index is 319. The van der Waals surface area contributed by atoms with Gasteiger partial charge in [0.15, 0.2) is 5.79 Å². The lowest BCUT2D eigenvalue weighted by atomic mass is 9.93. The second kappa shape index (κ2) is 6.18. The Morgan fingerprint density at radius 3 is 2.16 bits per heavy atom. The second-order valence-corrected chi connectivity index (χ2v) is 8.46. The fourth-order valence-electron chi connectivity index (χ4n) is 1.95. The van der Waals surface area contributed by atoms with Gasteiger partial charge in [0.2, 0.25) is 0 Å². The molecule has 6 heteroatoms. The standard InChI is InChI=1S/C13H26O5S/c1-9(10(14)8-19(16)12(2,3)4)11(15)13(5)17-6-7-18-13/h9-11,14-15H,6-8H2,1-5H3/t9-,10-,11+,19+/m0/s1. The summed E-state index contributed by atoms with van der Waals surface area (Å²) in [7, 11) is -1.16. The van der Waals surface area contributed by atoms with Gasteiger partial charge in [-0.1, -0.05) is 6.92 Å². The summed E-state index contributed by atoms with van der Waals surface area (Å²) in [6, 6.07) is 0. The van der Waals surface area contributed by atoms with Crippen molar-refractivity contribution in [1.29, 1.82) is 0 Å². The van der Waals surface area contributed by atoms with Crippen LogP contribution >= 0.6 is 0 Å². The van der Waals surface area contributed by atoms with Crippen LogP contribution in [0.5, 0.6) is 0 Å². The highest BCUT2D eigenvalue weighted by atomic mass is 32.2. The van der Waals surface area contributed by atoms with Crippen molar-refractivity contribution in [1.82, 2.24) is 0 Å². The lowest BCUT2D eigenvalue weighted by molar-refractivity contribution is -0.226. The smallest absolute Gasteiger partial charge is 0.192 e. The molecule has 0 radical (unpaired) electrons. The number of ether oxygens (including phenoxy) is 2. The van der Waals surface area contributed by atoms with Crippen LogP contribution in [0.4, 0.5) is 0 Å². The zero-order valence-electron chi connectivity index (χ0n) is 12.4. The summed E-state index contributed by atoms with van der Waals surface area (Å²) in [5, 5.41) is 20.4. The molecule has 4 atom stereocenters. The maximum absolute atomic E-state index is 12.0. The molecule has 0 saturated carbocycles. The summed E-state index contributed by atoms with van der Waals surface area (Å²) in [4.78, 5) is 0. The zero-order valence-corrected chi connectivity index (χ0v) is 13.2. The van der Waals surface area contributed by atoms with Gasteiger partial charge in [-0.15, -0.1) is 0 Å². The zero-order chi connectivity index (χ0) is 14.8. The predicted octanol–water partition coefficient (Wildman–Crippen LogP) is 0.654. The van der Waals surface area contributed by atoms with Gasteiger partial charge in [-0.05, 0) is 27.7 Å². The van der Waals surface area contributed by atoms with Gasteiger partial charge in [-0.2, -0.15) is 0 Å². The van der Waals surface area contributed by atoms with Crippen LogP contribution in [0.15, 0.2) is 0 Å². The van der Waals surface area contributed by atoms with E-state index in [2.05, 4.69) is 0 Å². The van der Waals surface area contributed by atoms with Crippen LogP contribution in [-0.4, -0.2) is 56.1 Å². The Kier molecular flexibility index (Phi) is 5.54. The Balaban J connectivity index is 2.61. The van der Waals surface area contributed by atoms with Crippen molar-refractivity contribution >= 4 is 10.8 Å². The third-order valence-electron chi connectivity index (χ3n) is 3.51. The minimum absolute atomic E-state index is 0.137. The van der Waals surface area contributed by atoms with Crippen molar-refractivity contribution in [3.05, 3.63) is 0 Å². The number of hydrogen-bond acceptors (Lipinski definition) is 5. The molecule has 0 aromatic carbocycles. The first-order valence-electron chi connectivity index (χ1n) is 6.60. The molecule has 0 aromatic rings. The number of aliphatic hydroxyl groups is 2. The summed E-state index contributed by atoms with van der Waals surface area (Å²) in [6.45, 7) is 9.83. The van der Waals surface area contributed by atoms with Crippen LogP contribution in [0.25, 0.3) is 0 Å². The van der Waals surface area contributed by atoms with E-state index in [0.29, 0.717) is 13.2 Å². The van der Waals surface area contributed by atoms with E-state index in [1.165, 1.54) is 0 Å². The third-order valence-corrected chi connectivity index (χ3v) is 5.52. The highest BCUT2D eigenvalue weighted by Gasteiger charge is 2.44. The molecule has 0 amide bonds. The van der Waals surface area contributed by atoms with Crippen LogP contribution in [0.1, 0.15) is 34.6 Å². The molecule has 1 saturated heterocycles. The first-order chi connectivity index (χ1) is 8.58. The fraction of sp³-hybridized carbons (Fsp3) is 1.00. The first kappa shape index (κ1) is 17.0. The molecule has 0 spiro atoms. The van der Waals surface area contributed by atoms with Crippen molar-refractivity contribution in [3.63, 3.8) is 0 Å². The molecular weight excluding hydrogens is 268 g/mol. The average molecular weight is 294 g/mol. The van der Waals surface area contributed by atoms with Crippen LogP contribution in [0, 0.1) is 5.92 Å². The molecule has 1 heterocycles. The van der Waals surface area contributed by atoms with Crippen LogP contribution in [-0.2, 0) is 20.3 Å². The van der Waals surface area contributed by atoms with Crippen molar-refractivity contribution < 1.29 is 23.9 Å². The Morgan fingerprint density at radius 2 is 1.74 bits per heavy atom. The second-order valence-electron chi connectivity index (χ2n) is 6.21. The molecular formula is C13H26O5S. The molecule has 5 nitrogen and oxygen atoms in total. The maximum atomic E-state index is 12.0. The van der Waals surface area contributed by atoms with E-state index >= 15 is 0 Å². The van der Waals surface area contributed by atoms with Crippen molar-refractivity contribution in [3.8, 4) is 0 Å². The summed E-state index contributed by atoms with van der Waals surface area (Å²) in [5.41, 5.74) is 0. The topological polar surface area (TPSA) is 76.0 Å². The summed E-state index contributed by atoms with van der Waals surface area (Å²) in [6.07, 6.45) is -1.82. The number of hydrogen-bond donors (Lipinski definition) is 2. The third kappa shape index (κ3) is 4.23. The van der Waals surface area contributed by atoms with Gasteiger partial charge in [0.25, 0.3) is 0 Å². The molecule has 0 bridgehead atoms. The Hall–Kier alpha value is -0.0100. The SMILES string of the molecule is C[C@H]([C@@H](O)C1(C)OCCO1)[C@@H](O)C[S@@](=O)C(C)(C)C. The van der Waals surface area contributed by atoms with Gasteiger partial charge in [-0.3, -0.25) is 4.21 Å². The molecule has 1 fully saturated rings. The van der Waals surface area contributed by atoms with Gasteiger partial charge < -0.3 is 19.7 Å². The average Bonchev–Trinajstić information content (AvgIpc) is 2.74. The molecule has 1 aliphatic heterocycles. The van der Waals surface area contributed by atoms with E-state index in [0.717, 1.165) is 0 Å². The van der Waals surface area contributed by atoms with Gasteiger partial charge in [0.05, 0.1) is 25.1 Å². The van der Waals surface area contributed by atoms with Gasteiger partial charge in [-0.25, -0.2) is 0 Å². The van der Waals surface area contributed by atoms with Gasteiger partial charge in [0.1, 0.15) is 6.10 Å². The van der Waals surface area contributed by atoms with Crippen LogP contribution in [0.2, 0.25) is 0 Å². The summed E-state index contributed by atoms with van der Waals surface area (Å²) < 4.78 is 22.4. The van der Waals surface area contributed by atoms with Crippen molar-refractivity contribution in [2.45, 2.75) is 57.4 Å². The molecule has 19 heavy (non-hydrogen) atoms. The van der Waals surface area contributed by atoms with E-state index in [-0.39, 0.29) is 10.5 Å². The normalized spacial score (nSPS) is 25.8. The van der Waals surface area contributed by atoms with Crippen LogP contribution in [0.3, 0.4) is 0 Å². The van der Waals surface area contributed by atoms with Gasteiger partial charge >= 0.3 is 0 Å². The maximum Gasteiger partial charge on any atom is 0.192 e. The highest BCUT2D eigenvalue weighted by molar-refractivity contribution is 7.86. The lowest BCUT2D eigenvalue weighted by Crippen LogP contribution is -2.49.